The van der Waals surface area contributed by atoms with E-state index < -0.39 is 0 Å². The summed E-state index contributed by atoms with van der Waals surface area (Å²) < 4.78 is 14.6. The molecule has 0 aromatic heterocycles. The van der Waals surface area contributed by atoms with Gasteiger partial charge in [-0.05, 0) is 61.7 Å². The fourth-order valence-corrected chi connectivity index (χ4v) is 4.22. The number of imide groups is 1. The highest BCUT2D eigenvalue weighted by Gasteiger charge is 2.35. The first-order chi connectivity index (χ1) is 11.1. The summed E-state index contributed by atoms with van der Waals surface area (Å²) in [7, 11) is 3.41. The smallest absolute Gasteiger partial charge is 0.293 e. The lowest BCUT2D eigenvalue weighted by atomic mass is 9.80. The third-order valence-corrected chi connectivity index (χ3v) is 5.99. The zero-order valence-electron chi connectivity index (χ0n) is 14.5. The Bertz CT molecular complexity index is 773. The standard InChI is InChI=1S/C18H21FN2O2S/c1-10-9-18(2,3)21(5)14-8-13(19)11(6-12(10)14)7-15-16(22)20(4)17(23)24-15/h6-8,10H,9H2,1-5H3/b15-7-. The average molecular weight is 348 g/mol. The number of carbonyl (C=O) groups is 2. The van der Waals surface area contributed by atoms with Gasteiger partial charge in [-0.3, -0.25) is 14.5 Å². The van der Waals surface area contributed by atoms with Crippen molar-refractivity contribution in [2.45, 2.75) is 38.6 Å². The van der Waals surface area contributed by atoms with E-state index in [4.69, 9.17) is 0 Å². The van der Waals surface area contributed by atoms with Gasteiger partial charge in [-0.1, -0.05) is 6.92 Å². The molecule has 2 aliphatic heterocycles. The number of hydrogen-bond acceptors (Lipinski definition) is 4. The van der Waals surface area contributed by atoms with E-state index >= 15 is 0 Å². The molecule has 24 heavy (non-hydrogen) atoms. The SMILES string of the molecule is CC1CC(C)(C)N(C)c2cc(F)c(/C=C3\SC(=O)N(C)C3=O)cc21. The quantitative estimate of drug-likeness (QED) is 0.713. The number of anilines is 1. The summed E-state index contributed by atoms with van der Waals surface area (Å²) in [5.74, 6) is -0.470. The number of carbonyl (C=O) groups excluding carboxylic acids is 2. The Morgan fingerprint density at radius 2 is 1.96 bits per heavy atom. The molecule has 0 N–H and O–H groups in total. The van der Waals surface area contributed by atoms with Crippen molar-refractivity contribution >= 4 is 34.7 Å². The first-order valence-corrected chi connectivity index (χ1v) is 8.72. The van der Waals surface area contributed by atoms with Gasteiger partial charge < -0.3 is 4.90 Å². The normalized spacial score (nSPS) is 24.8. The van der Waals surface area contributed by atoms with E-state index in [1.54, 1.807) is 0 Å². The molecule has 0 saturated carbocycles. The van der Waals surface area contributed by atoms with Gasteiger partial charge in [-0.15, -0.1) is 0 Å². The van der Waals surface area contributed by atoms with Crippen molar-refractivity contribution < 1.29 is 14.0 Å². The average Bonchev–Trinajstić information content (AvgIpc) is 2.73. The molecule has 0 bridgehead atoms. The van der Waals surface area contributed by atoms with E-state index in [0.29, 0.717) is 11.5 Å². The van der Waals surface area contributed by atoms with Gasteiger partial charge in [-0.2, -0.15) is 0 Å². The molecule has 1 fully saturated rings. The van der Waals surface area contributed by atoms with Gasteiger partial charge in [0.2, 0.25) is 0 Å². The summed E-state index contributed by atoms with van der Waals surface area (Å²) in [5, 5.41) is -0.334. The fourth-order valence-electron chi connectivity index (χ4n) is 3.40. The minimum atomic E-state index is -0.381. The van der Waals surface area contributed by atoms with Crippen molar-refractivity contribution in [3.05, 3.63) is 34.0 Å². The number of thioether (sulfide) groups is 1. The van der Waals surface area contributed by atoms with Crippen LogP contribution in [0.3, 0.4) is 0 Å². The highest BCUT2D eigenvalue weighted by atomic mass is 32.2. The predicted molar refractivity (Wildman–Crippen MR) is 95.6 cm³/mol. The van der Waals surface area contributed by atoms with Crippen LogP contribution in [0.4, 0.5) is 14.9 Å². The number of amides is 2. The number of hydrogen-bond donors (Lipinski definition) is 0. The summed E-state index contributed by atoms with van der Waals surface area (Å²) in [4.78, 5) is 27.0. The molecule has 1 atom stereocenters. The van der Waals surface area contributed by atoms with Crippen molar-refractivity contribution in [3.63, 3.8) is 0 Å². The van der Waals surface area contributed by atoms with Gasteiger partial charge >= 0.3 is 0 Å². The summed E-state index contributed by atoms with van der Waals surface area (Å²) >= 11 is 0.845. The fraction of sp³-hybridized carbons (Fsp3) is 0.444. The Morgan fingerprint density at radius 1 is 1.29 bits per heavy atom. The molecule has 0 spiro atoms. The van der Waals surface area contributed by atoms with Gasteiger partial charge in [0.05, 0.1) is 4.91 Å². The molecule has 128 valence electrons. The van der Waals surface area contributed by atoms with Crippen LogP contribution >= 0.6 is 11.8 Å². The molecule has 1 aromatic rings. The van der Waals surface area contributed by atoms with Gasteiger partial charge in [0, 0.05) is 30.9 Å². The summed E-state index contributed by atoms with van der Waals surface area (Å²) in [6, 6.07) is 3.35. The van der Waals surface area contributed by atoms with E-state index in [2.05, 4.69) is 25.7 Å². The molecule has 1 aromatic carbocycles. The number of rotatable bonds is 1. The maximum absolute atomic E-state index is 14.6. The molecule has 0 radical (unpaired) electrons. The minimum Gasteiger partial charge on any atom is -0.369 e. The third kappa shape index (κ3) is 2.62. The molecule has 3 rings (SSSR count). The summed E-state index contributed by atoms with van der Waals surface area (Å²) in [6.45, 7) is 6.43. The number of nitrogens with zero attached hydrogens (tertiary/aromatic N) is 2. The van der Waals surface area contributed by atoms with Gasteiger partial charge in [-0.25, -0.2) is 4.39 Å². The predicted octanol–water partition coefficient (Wildman–Crippen LogP) is 4.21. The summed E-state index contributed by atoms with van der Waals surface area (Å²) in [5.41, 5.74) is 2.27. The second kappa shape index (κ2) is 5.62. The molecular formula is C18H21FN2O2S. The Kier molecular flexibility index (Phi) is 3.98. The topological polar surface area (TPSA) is 40.6 Å². The molecule has 4 nitrogen and oxygen atoms in total. The van der Waals surface area contributed by atoms with Gasteiger partial charge in [0.15, 0.2) is 0 Å². The van der Waals surface area contributed by atoms with E-state index in [1.807, 2.05) is 13.1 Å². The molecule has 1 saturated heterocycles. The van der Waals surface area contributed by atoms with E-state index in [1.165, 1.54) is 19.2 Å². The van der Waals surface area contributed by atoms with E-state index in [9.17, 15) is 14.0 Å². The van der Waals surface area contributed by atoms with Crippen molar-refractivity contribution in [2.75, 3.05) is 19.0 Å². The van der Waals surface area contributed by atoms with Gasteiger partial charge in [0.1, 0.15) is 5.82 Å². The Morgan fingerprint density at radius 3 is 2.54 bits per heavy atom. The van der Waals surface area contributed by atoms with Crippen molar-refractivity contribution in [3.8, 4) is 0 Å². The van der Waals surface area contributed by atoms with Gasteiger partial charge in [0.25, 0.3) is 11.1 Å². The largest absolute Gasteiger partial charge is 0.369 e. The second-order valence-corrected chi connectivity index (χ2v) is 8.14. The lowest BCUT2D eigenvalue weighted by molar-refractivity contribution is -0.121. The number of fused-ring (bicyclic) bond motifs is 1. The van der Waals surface area contributed by atoms with Crippen LogP contribution < -0.4 is 4.90 Å². The Balaban J connectivity index is 2.06. The number of likely N-dealkylation sites (N-methyl/N-ethyl adjacent to an activating group) is 1. The number of halogens is 1. The highest BCUT2D eigenvalue weighted by Crippen LogP contribution is 2.44. The lowest BCUT2D eigenvalue weighted by Gasteiger charge is -2.45. The number of benzene rings is 1. The highest BCUT2D eigenvalue weighted by molar-refractivity contribution is 8.18. The van der Waals surface area contributed by atoms with Crippen LogP contribution in [0.5, 0.6) is 0 Å². The Hall–Kier alpha value is -1.82. The van der Waals surface area contributed by atoms with Crippen molar-refractivity contribution in [1.29, 1.82) is 0 Å². The van der Waals surface area contributed by atoms with Crippen LogP contribution in [0.25, 0.3) is 6.08 Å². The molecule has 2 aliphatic rings. The molecular weight excluding hydrogens is 327 g/mol. The summed E-state index contributed by atoms with van der Waals surface area (Å²) in [6.07, 6.45) is 2.45. The molecule has 6 heteroatoms. The maximum Gasteiger partial charge on any atom is 0.293 e. The van der Waals surface area contributed by atoms with Crippen LogP contribution in [0.1, 0.15) is 44.2 Å². The molecule has 1 unspecified atom stereocenters. The minimum absolute atomic E-state index is 0.0365. The van der Waals surface area contributed by atoms with Crippen LogP contribution in [-0.4, -0.2) is 35.7 Å². The van der Waals surface area contributed by atoms with Crippen LogP contribution in [-0.2, 0) is 4.79 Å². The Labute approximate surface area is 145 Å². The van der Waals surface area contributed by atoms with Crippen LogP contribution in [0, 0.1) is 5.82 Å². The van der Waals surface area contributed by atoms with Crippen LogP contribution in [0.2, 0.25) is 0 Å². The zero-order valence-corrected chi connectivity index (χ0v) is 15.3. The maximum atomic E-state index is 14.6. The zero-order chi connectivity index (χ0) is 17.8. The lowest BCUT2D eigenvalue weighted by Crippen LogP contribution is -2.45. The molecule has 2 amide bonds. The van der Waals surface area contributed by atoms with Crippen molar-refractivity contribution in [1.82, 2.24) is 4.90 Å². The first kappa shape index (κ1) is 17.0. The first-order valence-electron chi connectivity index (χ1n) is 7.90. The third-order valence-electron chi connectivity index (χ3n) is 5.03. The monoisotopic (exact) mass is 348 g/mol. The molecule has 2 heterocycles. The van der Waals surface area contributed by atoms with E-state index in [0.717, 1.165) is 34.3 Å². The second-order valence-electron chi connectivity index (χ2n) is 7.15. The van der Waals surface area contributed by atoms with Crippen LogP contribution in [0.15, 0.2) is 17.0 Å². The van der Waals surface area contributed by atoms with E-state index in [-0.39, 0.29) is 27.4 Å². The van der Waals surface area contributed by atoms with Crippen molar-refractivity contribution in [2.24, 2.45) is 0 Å². The molecule has 0 aliphatic carbocycles.